The molecule has 8 nitrogen and oxygen atoms in total. The van der Waals surface area contributed by atoms with Crippen molar-refractivity contribution in [2.24, 2.45) is 4.99 Å². The molecule has 0 unspecified atom stereocenters. The molecule has 2 aromatic rings. The number of hydrogen-bond donors (Lipinski definition) is 2. The van der Waals surface area contributed by atoms with Gasteiger partial charge in [-0.15, -0.1) is 24.0 Å². The third kappa shape index (κ3) is 7.70. The number of halogens is 1. The molecule has 0 saturated carbocycles. The van der Waals surface area contributed by atoms with Crippen LogP contribution in [0.1, 0.15) is 25.3 Å². The number of nitrogens with zero attached hydrogens (tertiary/aromatic N) is 5. The van der Waals surface area contributed by atoms with Crippen molar-refractivity contribution in [2.45, 2.75) is 32.4 Å². The number of hydrogen-bond acceptors (Lipinski definition) is 5. The Morgan fingerprint density at radius 1 is 1.18 bits per heavy atom. The van der Waals surface area contributed by atoms with Crippen molar-refractivity contribution in [2.75, 3.05) is 59.3 Å². The Hall–Kier alpha value is -2.14. The van der Waals surface area contributed by atoms with Crippen molar-refractivity contribution < 1.29 is 4.79 Å². The van der Waals surface area contributed by atoms with Crippen LogP contribution in [0.3, 0.4) is 0 Å². The number of fused-ring (bicyclic) bond motifs is 1. The molecule has 1 aliphatic heterocycles. The average Bonchev–Trinajstić information content (AvgIpc) is 2.78. The highest BCUT2D eigenvalue weighted by Gasteiger charge is 2.22. The number of likely N-dealkylation sites (N-methyl/N-ethyl adjacent to an activating group) is 1. The molecule has 1 fully saturated rings. The summed E-state index contributed by atoms with van der Waals surface area (Å²) in [6.07, 6.45) is 1.99. The lowest BCUT2D eigenvalue weighted by Crippen LogP contribution is -2.50. The highest BCUT2D eigenvalue weighted by molar-refractivity contribution is 14.0. The van der Waals surface area contributed by atoms with Crippen LogP contribution >= 0.6 is 24.0 Å². The smallest absolute Gasteiger partial charge is 0.236 e. The molecule has 1 aliphatic rings. The van der Waals surface area contributed by atoms with Gasteiger partial charge in [0.1, 0.15) is 5.82 Å². The quantitative estimate of drug-likeness (QED) is 0.305. The molecule has 2 heterocycles. The van der Waals surface area contributed by atoms with Crippen molar-refractivity contribution in [3.63, 3.8) is 0 Å². The number of nitrogens with one attached hydrogen (secondary N) is 2. The molecule has 1 saturated heterocycles. The third-order valence-corrected chi connectivity index (χ3v) is 5.78. The standard InChI is InChI=1S/C24H37N7O.HI/c1-6-25-24(27-19-11-13-31(14-12-19)17-23(32)30(4)5)26-16-18-15-22(29(2)3)28-21-10-8-7-9-20(18)21;/h7-10,15,19H,6,11-14,16-17H2,1-5H3,(H2,25,26,27);1H. The number of aromatic nitrogens is 1. The van der Waals surface area contributed by atoms with E-state index in [0.29, 0.717) is 19.1 Å². The Kier molecular flexibility index (Phi) is 10.6. The van der Waals surface area contributed by atoms with Gasteiger partial charge in [-0.25, -0.2) is 9.98 Å². The Labute approximate surface area is 214 Å². The first-order valence-electron chi connectivity index (χ1n) is 11.4. The number of guanidine groups is 1. The lowest BCUT2D eigenvalue weighted by molar-refractivity contribution is -0.130. The summed E-state index contributed by atoms with van der Waals surface area (Å²) in [5, 5.41) is 8.12. The molecule has 0 spiro atoms. The first-order valence-corrected chi connectivity index (χ1v) is 11.4. The van der Waals surface area contributed by atoms with Crippen molar-refractivity contribution >= 4 is 52.6 Å². The maximum atomic E-state index is 12.0. The number of rotatable bonds is 7. The highest BCUT2D eigenvalue weighted by Crippen LogP contribution is 2.22. The first-order chi connectivity index (χ1) is 15.4. The van der Waals surface area contributed by atoms with E-state index in [1.165, 1.54) is 0 Å². The van der Waals surface area contributed by atoms with Crippen LogP contribution in [0.4, 0.5) is 5.82 Å². The van der Waals surface area contributed by atoms with Gasteiger partial charge in [0.15, 0.2) is 5.96 Å². The maximum absolute atomic E-state index is 12.0. The van der Waals surface area contributed by atoms with Crippen molar-refractivity contribution in [3.05, 3.63) is 35.9 Å². The molecule has 182 valence electrons. The summed E-state index contributed by atoms with van der Waals surface area (Å²) in [6.45, 7) is 5.79. The Bertz CT molecular complexity index is 940. The van der Waals surface area contributed by atoms with Crippen LogP contribution in [-0.4, -0.2) is 87.1 Å². The van der Waals surface area contributed by atoms with Crippen LogP contribution in [0.2, 0.25) is 0 Å². The van der Waals surface area contributed by atoms with E-state index in [1.807, 2.05) is 51.3 Å². The summed E-state index contributed by atoms with van der Waals surface area (Å²) in [7, 11) is 7.63. The van der Waals surface area contributed by atoms with E-state index in [9.17, 15) is 4.79 Å². The maximum Gasteiger partial charge on any atom is 0.236 e. The molecule has 1 aromatic heterocycles. The molecule has 2 N–H and O–H groups in total. The molecule has 1 aromatic carbocycles. The minimum Gasteiger partial charge on any atom is -0.363 e. The second-order valence-electron chi connectivity index (χ2n) is 8.73. The van der Waals surface area contributed by atoms with Crippen LogP contribution in [0.5, 0.6) is 0 Å². The molecule has 9 heteroatoms. The molecule has 0 radical (unpaired) electrons. The zero-order chi connectivity index (χ0) is 23.1. The number of pyridine rings is 1. The van der Waals surface area contributed by atoms with Gasteiger partial charge in [-0.1, -0.05) is 18.2 Å². The number of aliphatic imine (C=N–C) groups is 1. The summed E-state index contributed by atoms with van der Waals surface area (Å²) >= 11 is 0. The Balaban J connectivity index is 0.00000385. The molecule has 0 bridgehead atoms. The lowest BCUT2D eigenvalue weighted by Gasteiger charge is -2.33. The zero-order valence-electron chi connectivity index (χ0n) is 20.5. The normalized spacial score (nSPS) is 15.1. The molecular weight excluding hydrogens is 529 g/mol. The summed E-state index contributed by atoms with van der Waals surface area (Å²) in [6, 6.07) is 10.7. The Morgan fingerprint density at radius 2 is 1.88 bits per heavy atom. The lowest BCUT2D eigenvalue weighted by atomic mass is 10.1. The second-order valence-corrected chi connectivity index (χ2v) is 8.73. The Morgan fingerprint density at radius 3 is 2.52 bits per heavy atom. The number of carbonyl (C=O) groups is 1. The summed E-state index contributed by atoms with van der Waals surface area (Å²) in [5.41, 5.74) is 2.15. The van der Waals surface area contributed by atoms with Gasteiger partial charge >= 0.3 is 0 Å². The van der Waals surface area contributed by atoms with Crippen molar-refractivity contribution in [3.8, 4) is 0 Å². The van der Waals surface area contributed by atoms with E-state index in [-0.39, 0.29) is 29.9 Å². The fourth-order valence-electron chi connectivity index (χ4n) is 3.84. The number of piperidine rings is 1. The van der Waals surface area contributed by atoms with Crippen LogP contribution in [-0.2, 0) is 11.3 Å². The van der Waals surface area contributed by atoms with Gasteiger partial charge in [-0.3, -0.25) is 9.69 Å². The van der Waals surface area contributed by atoms with Crippen molar-refractivity contribution in [1.29, 1.82) is 0 Å². The van der Waals surface area contributed by atoms with E-state index < -0.39 is 0 Å². The van der Waals surface area contributed by atoms with E-state index >= 15 is 0 Å². The number of anilines is 1. The predicted molar refractivity (Wildman–Crippen MR) is 148 cm³/mol. The molecule has 0 aliphatic carbocycles. The van der Waals surface area contributed by atoms with E-state index in [0.717, 1.165) is 60.7 Å². The largest absolute Gasteiger partial charge is 0.363 e. The van der Waals surface area contributed by atoms with Gasteiger partial charge < -0.3 is 20.4 Å². The van der Waals surface area contributed by atoms with Crippen molar-refractivity contribution in [1.82, 2.24) is 25.4 Å². The summed E-state index contributed by atoms with van der Waals surface area (Å²) < 4.78 is 0. The number of amides is 1. The van der Waals surface area contributed by atoms with Gasteiger partial charge in [-0.2, -0.15) is 0 Å². The molecule has 0 atom stereocenters. The van der Waals surface area contributed by atoms with Crippen LogP contribution in [0.15, 0.2) is 35.3 Å². The van der Waals surface area contributed by atoms with E-state index in [2.05, 4.69) is 34.6 Å². The first kappa shape index (κ1) is 27.1. The summed E-state index contributed by atoms with van der Waals surface area (Å²) in [5.74, 6) is 1.93. The van der Waals surface area contributed by atoms with Gasteiger partial charge in [0.05, 0.1) is 18.6 Å². The topological polar surface area (TPSA) is 76.1 Å². The SMILES string of the molecule is CCNC(=NCc1cc(N(C)C)nc2ccccc12)NC1CCN(CC(=O)N(C)C)CC1.I. The number of likely N-dealkylation sites (tertiary alicyclic amines) is 1. The van der Waals surface area contributed by atoms with Crippen LogP contribution < -0.4 is 15.5 Å². The monoisotopic (exact) mass is 567 g/mol. The predicted octanol–water partition coefficient (Wildman–Crippen LogP) is 2.53. The van der Waals surface area contributed by atoms with Gasteiger partial charge in [-0.05, 0) is 37.5 Å². The fraction of sp³-hybridized carbons (Fsp3) is 0.542. The number of carbonyl (C=O) groups excluding carboxylic acids is 1. The molecular formula is C24H38IN7O. The van der Waals surface area contributed by atoms with E-state index in [4.69, 9.17) is 9.98 Å². The number of para-hydroxylation sites is 1. The number of benzene rings is 1. The zero-order valence-corrected chi connectivity index (χ0v) is 22.8. The molecule has 1 amide bonds. The van der Waals surface area contributed by atoms with Gasteiger partial charge in [0.2, 0.25) is 5.91 Å². The fourth-order valence-corrected chi connectivity index (χ4v) is 3.84. The minimum atomic E-state index is 0. The van der Waals surface area contributed by atoms with Gasteiger partial charge in [0, 0.05) is 59.3 Å². The minimum absolute atomic E-state index is 0. The van der Waals surface area contributed by atoms with Crippen LogP contribution in [0, 0.1) is 0 Å². The molecule has 3 rings (SSSR count). The average molecular weight is 568 g/mol. The highest BCUT2D eigenvalue weighted by atomic mass is 127. The summed E-state index contributed by atoms with van der Waals surface area (Å²) in [4.78, 5) is 27.5. The molecule has 33 heavy (non-hydrogen) atoms. The van der Waals surface area contributed by atoms with Crippen LogP contribution in [0.25, 0.3) is 10.9 Å². The second kappa shape index (κ2) is 12.9. The van der Waals surface area contributed by atoms with Gasteiger partial charge in [0.25, 0.3) is 0 Å². The third-order valence-electron chi connectivity index (χ3n) is 5.78. The van der Waals surface area contributed by atoms with E-state index in [1.54, 1.807) is 4.90 Å².